The molecule has 0 saturated carbocycles. The molecule has 1 amide bonds. The number of nitrogens with one attached hydrogen (secondary N) is 1. The molecule has 0 bridgehead atoms. The van der Waals surface area contributed by atoms with E-state index in [2.05, 4.69) is 5.32 Å². The van der Waals surface area contributed by atoms with Gasteiger partial charge in [-0.1, -0.05) is 12.1 Å². The highest BCUT2D eigenvalue weighted by atomic mass is 32.2. The predicted octanol–water partition coefficient (Wildman–Crippen LogP) is 3.62. The topological polar surface area (TPSA) is 92.8 Å². The zero-order valence-electron chi connectivity index (χ0n) is 17.5. The van der Waals surface area contributed by atoms with E-state index in [1.807, 2.05) is 12.3 Å². The first kappa shape index (κ1) is 23.3. The van der Waals surface area contributed by atoms with Crippen LogP contribution in [0, 0.1) is 5.92 Å². The van der Waals surface area contributed by atoms with Crippen molar-refractivity contribution < 1.29 is 22.7 Å². The summed E-state index contributed by atoms with van der Waals surface area (Å²) in [5, 5.41) is 2.85. The summed E-state index contributed by atoms with van der Waals surface area (Å²) in [6, 6.07) is 13.5. The molecule has 2 aromatic rings. The highest BCUT2D eigenvalue weighted by molar-refractivity contribution is 7.99. The maximum absolute atomic E-state index is 13.0. The maximum atomic E-state index is 13.0. The molecule has 0 spiro atoms. The molecule has 0 aromatic heterocycles. The molecular formula is C22H26N2O5S2. The summed E-state index contributed by atoms with van der Waals surface area (Å²) in [5.74, 6) is -0.825. The molecule has 1 aliphatic heterocycles. The standard InChI is InChI=1S/C22H26N2O5S2/c1-3-29-22(26)17-8-10-18(11-9-17)23-21(25)16-12-14-24(15-13-16)31(27,28)20-7-5-4-6-19(20)30-2/h4-11,16H,3,12-15H2,1-2H3,(H,23,25). The summed E-state index contributed by atoms with van der Waals surface area (Å²) in [7, 11) is -3.59. The molecule has 3 rings (SSSR count). The number of esters is 1. The normalized spacial score (nSPS) is 15.4. The highest BCUT2D eigenvalue weighted by Crippen LogP contribution is 2.30. The first-order chi connectivity index (χ1) is 14.9. The van der Waals surface area contributed by atoms with E-state index in [-0.39, 0.29) is 11.8 Å². The molecule has 0 aliphatic carbocycles. The monoisotopic (exact) mass is 462 g/mol. The minimum atomic E-state index is -3.59. The number of hydrogen-bond donors (Lipinski definition) is 1. The van der Waals surface area contributed by atoms with Gasteiger partial charge in [-0.05, 0) is 62.4 Å². The van der Waals surface area contributed by atoms with Gasteiger partial charge in [0.15, 0.2) is 0 Å². The van der Waals surface area contributed by atoms with Crippen LogP contribution in [0.3, 0.4) is 0 Å². The Bertz CT molecular complexity index is 1030. The second kappa shape index (κ2) is 10.3. The number of sulfonamides is 1. The summed E-state index contributed by atoms with van der Waals surface area (Å²) in [4.78, 5) is 25.4. The van der Waals surface area contributed by atoms with E-state index in [1.54, 1.807) is 49.4 Å². The van der Waals surface area contributed by atoms with Crippen molar-refractivity contribution in [1.82, 2.24) is 4.31 Å². The summed E-state index contributed by atoms with van der Waals surface area (Å²) in [5.41, 5.74) is 1.01. The lowest BCUT2D eigenvalue weighted by molar-refractivity contribution is -0.120. The van der Waals surface area contributed by atoms with E-state index in [0.717, 1.165) is 0 Å². The molecule has 1 heterocycles. The third-order valence-corrected chi connectivity index (χ3v) is 8.06. The Kier molecular flexibility index (Phi) is 7.74. The average molecular weight is 463 g/mol. The quantitative estimate of drug-likeness (QED) is 0.499. The number of anilines is 1. The van der Waals surface area contributed by atoms with E-state index >= 15 is 0 Å². The third kappa shape index (κ3) is 5.47. The van der Waals surface area contributed by atoms with Crippen LogP contribution in [0.5, 0.6) is 0 Å². The molecule has 1 aliphatic rings. The molecule has 31 heavy (non-hydrogen) atoms. The van der Waals surface area contributed by atoms with Crippen molar-refractivity contribution in [3.05, 3.63) is 54.1 Å². The van der Waals surface area contributed by atoms with Gasteiger partial charge >= 0.3 is 5.97 Å². The van der Waals surface area contributed by atoms with E-state index in [4.69, 9.17) is 4.74 Å². The van der Waals surface area contributed by atoms with Crippen LogP contribution in [0.1, 0.15) is 30.1 Å². The Labute approximate surface area is 187 Å². The average Bonchev–Trinajstić information content (AvgIpc) is 2.79. The summed E-state index contributed by atoms with van der Waals surface area (Å²) in [6.45, 7) is 2.63. The first-order valence-electron chi connectivity index (χ1n) is 10.1. The third-order valence-electron chi connectivity index (χ3n) is 5.18. The van der Waals surface area contributed by atoms with Gasteiger partial charge in [-0.25, -0.2) is 13.2 Å². The zero-order chi connectivity index (χ0) is 22.4. The van der Waals surface area contributed by atoms with Crippen LogP contribution < -0.4 is 5.32 Å². The number of amides is 1. The van der Waals surface area contributed by atoms with E-state index in [9.17, 15) is 18.0 Å². The van der Waals surface area contributed by atoms with E-state index in [1.165, 1.54) is 16.1 Å². The van der Waals surface area contributed by atoms with Gasteiger partial charge in [-0.3, -0.25) is 4.79 Å². The van der Waals surface area contributed by atoms with Gasteiger partial charge in [0, 0.05) is 29.6 Å². The lowest BCUT2D eigenvalue weighted by atomic mass is 9.97. The summed E-state index contributed by atoms with van der Waals surface area (Å²) >= 11 is 1.40. The molecular weight excluding hydrogens is 436 g/mol. The second-order valence-corrected chi connectivity index (χ2v) is 9.87. The maximum Gasteiger partial charge on any atom is 0.338 e. The van der Waals surface area contributed by atoms with Gasteiger partial charge < -0.3 is 10.1 Å². The molecule has 2 aromatic carbocycles. The Hall–Kier alpha value is -2.36. The van der Waals surface area contributed by atoms with Crippen LogP contribution in [0.2, 0.25) is 0 Å². The van der Waals surface area contributed by atoms with Gasteiger partial charge in [-0.15, -0.1) is 11.8 Å². The Morgan fingerprint density at radius 1 is 1.10 bits per heavy atom. The Balaban J connectivity index is 1.59. The van der Waals surface area contributed by atoms with Gasteiger partial charge in [0.1, 0.15) is 0 Å². The SMILES string of the molecule is CCOC(=O)c1ccc(NC(=O)C2CCN(S(=O)(=O)c3ccccc3SC)CC2)cc1. The fourth-order valence-corrected chi connectivity index (χ4v) is 6.07. The second-order valence-electron chi connectivity index (χ2n) is 7.12. The van der Waals surface area contributed by atoms with Crippen LogP contribution in [-0.4, -0.2) is 50.6 Å². The first-order valence-corrected chi connectivity index (χ1v) is 12.7. The van der Waals surface area contributed by atoms with E-state index < -0.39 is 16.0 Å². The molecule has 9 heteroatoms. The number of thioether (sulfide) groups is 1. The molecule has 0 radical (unpaired) electrons. The van der Waals surface area contributed by atoms with Crippen LogP contribution in [0.15, 0.2) is 58.3 Å². The van der Waals surface area contributed by atoms with Crippen LogP contribution >= 0.6 is 11.8 Å². The van der Waals surface area contributed by atoms with Gasteiger partial charge in [-0.2, -0.15) is 4.31 Å². The number of ether oxygens (including phenoxy) is 1. The highest BCUT2D eigenvalue weighted by Gasteiger charge is 2.33. The van der Waals surface area contributed by atoms with Crippen LogP contribution in [-0.2, 0) is 19.6 Å². The number of piperidine rings is 1. The number of carbonyl (C=O) groups is 2. The lowest BCUT2D eigenvalue weighted by Gasteiger charge is -2.31. The number of benzene rings is 2. The van der Waals surface area contributed by atoms with Crippen molar-refractivity contribution in [3.63, 3.8) is 0 Å². The smallest absolute Gasteiger partial charge is 0.338 e. The summed E-state index contributed by atoms with van der Waals surface area (Å²) < 4.78 is 32.5. The number of carbonyl (C=O) groups excluding carboxylic acids is 2. The van der Waals surface area contributed by atoms with Crippen molar-refractivity contribution in [2.24, 2.45) is 5.92 Å². The molecule has 0 unspecified atom stereocenters. The lowest BCUT2D eigenvalue weighted by Crippen LogP contribution is -2.41. The largest absolute Gasteiger partial charge is 0.462 e. The van der Waals surface area contributed by atoms with Gasteiger partial charge in [0.2, 0.25) is 15.9 Å². The van der Waals surface area contributed by atoms with Crippen molar-refractivity contribution in [1.29, 1.82) is 0 Å². The van der Waals surface area contributed by atoms with Gasteiger partial charge in [0.25, 0.3) is 0 Å². The molecule has 7 nitrogen and oxygen atoms in total. The fraction of sp³-hybridized carbons (Fsp3) is 0.364. The predicted molar refractivity (Wildman–Crippen MR) is 121 cm³/mol. The van der Waals surface area contributed by atoms with Gasteiger partial charge in [0.05, 0.1) is 17.1 Å². The van der Waals surface area contributed by atoms with Crippen molar-refractivity contribution in [3.8, 4) is 0 Å². The summed E-state index contributed by atoms with van der Waals surface area (Å²) in [6.07, 6.45) is 2.75. The Morgan fingerprint density at radius 3 is 2.35 bits per heavy atom. The van der Waals surface area contributed by atoms with Crippen molar-refractivity contribution >= 4 is 39.3 Å². The van der Waals surface area contributed by atoms with Crippen LogP contribution in [0.4, 0.5) is 5.69 Å². The van der Waals surface area contributed by atoms with Crippen LogP contribution in [0.25, 0.3) is 0 Å². The molecule has 1 saturated heterocycles. The van der Waals surface area contributed by atoms with E-state index in [0.29, 0.717) is 53.6 Å². The van der Waals surface area contributed by atoms with Crippen molar-refractivity contribution in [2.45, 2.75) is 29.6 Å². The van der Waals surface area contributed by atoms with Crippen molar-refractivity contribution in [2.75, 3.05) is 31.3 Å². The number of rotatable bonds is 7. The molecule has 1 fully saturated rings. The fourth-order valence-electron chi connectivity index (χ4n) is 3.48. The minimum absolute atomic E-state index is 0.148. The molecule has 0 atom stereocenters. The zero-order valence-corrected chi connectivity index (χ0v) is 19.2. The molecule has 166 valence electrons. The minimum Gasteiger partial charge on any atom is -0.462 e. The number of nitrogens with zero attached hydrogens (tertiary/aromatic N) is 1. The Morgan fingerprint density at radius 2 is 1.74 bits per heavy atom. The molecule has 1 N–H and O–H groups in total. The number of hydrogen-bond acceptors (Lipinski definition) is 6.